The summed E-state index contributed by atoms with van der Waals surface area (Å²) in [6, 6.07) is 12.9. The molecule has 4 nitrogen and oxygen atoms in total. The van der Waals surface area contributed by atoms with Gasteiger partial charge in [-0.1, -0.05) is 18.2 Å². The summed E-state index contributed by atoms with van der Waals surface area (Å²) in [4.78, 5) is 11.4. The Morgan fingerprint density at radius 1 is 1.00 bits per heavy atom. The zero-order valence-corrected chi connectivity index (χ0v) is 11.2. The number of ketones is 1. The maximum absolute atomic E-state index is 13.2. The molecule has 0 atom stereocenters. The SMILES string of the molecule is CC(=O)c1cccc(-c2nnc(-c3cccc(F)c3)o2)c1. The summed E-state index contributed by atoms with van der Waals surface area (Å²) in [6.45, 7) is 1.49. The lowest BCUT2D eigenvalue weighted by molar-refractivity contribution is 0.101. The largest absolute Gasteiger partial charge is 0.416 e. The van der Waals surface area contributed by atoms with Gasteiger partial charge in [0.2, 0.25) is 11.8 Å². The molecule has 1 aromatic heterocycles. The van der Waals surface area contributed by atoms with Crippen LogP contribution >= 0.6 is 0 Å². The van der Waals surface area contributed by atoms with Crippen molar-refractivity contribution in [3.8, 4) is 22.9 Å². The second-order valence-electron chi connectivity index (χ2n) is 4.56. The number of hydrogen-bond acceptors (Lipinski definition) is 4. The minimum atomic E-state index is -0.370. The first kappa shape index (κ1) is 13.2. The van der Waals surface area contributed by atoms with E-state index in [0.29, 0.717) is 16.7 Å². The molecule has 3 rings (SSSR count). The van der Waals surface area contributed by atoms with Crippen molar-refractivity contribution >= 4 is 5.78 Å². The highest BCUT2D eigenvalue weighted by Crippen LogP contribution is 2.24. The summed E-state index contributed by atoms with van der Waals surface area (Å²) in [6.07, 6.45) is 0. The zero-order chi connectivity index (χ0) is 14.8. The second-order valence-corrected chi connectivity index (χ2v) is 4.56. The third-order valence-corrected chi connectivity index (χ3v) is 3.01. The van der Waals surface area contributed by atoms with Crippen molar-refractivity contribution in [3.63, 3.8) is 0 Å². The summed E-state index contributed by atoms with van der Waals surface area (Å²) in [5, 5.41) is 7.85. The molecule has 5 heteroatoms. The highest BCUT2D eigenvalue weighted by atomic mass is 19.1. The van der Waals surface area contributed by atoms with Crippen LogP contribution in [0, 0.1) is 5.82 Å². The first-order chi connectivity index (χ1) is 10.1. The third-order valence-electron chi connectivity index (χ3n) is 3.01. The lowest BCUT2D eigenvalue weighted by Crippen LogP contribution is -1.91. The molecule has 21 heavy (non-hydrogen) atoms. The van der Waals surface area contributed by atoms with Crippen LogP contribution in [0.2, 0.25) is 0 Å². The van der Waals surface area contributed by atoms with E-state index in [1.165, 1.54) is 19.1 Å². The summed E-state index contributed by atoms with van der Waals surface area (Å²) >= 11 is 0. The predicted molar refractivity (Wildman–Crippen MR) is 75.1 cm³/mol. The predicted octanol–water partition coefficient (Wildman–Crippen LogP) is 3.75. The van der Waals surface area contributed by atoms with Crippen molar-refractivity contribution < 1.29 is 13.6 Å². The van der Waals surface area contributed by atoms with Gasteiger partial charge in [0.1, 0.15) is 5.82 Å². The maximum Gasteiger partial charge on any atom is 0.248 e. The third kappa shape index (κ3) is 2.72. The van der Waals surface area contributed by atoms with Gasteiger partial charge in [-0.2, -0.15) is 0 Å². The number of nitrogens with zero attached hydrogens (tertiary/aromatic N) is 2. The van der Waals surface area contributed by atoms with Crippen LogP contribution < -0.4 is 0 Å². The topological polar surface area (TPSA) is 56.0 Å². The fourth-order valence-electron chi connectivity index (χ4n) is 1.95. The van der Waals surface area contributed by atoms with Crippen molar-refractivity contribution in [2.24, 2.45) is 0 Å². The second kappa shape index (κ2) is 5.28. The van der Waals surface area contributed by atoms with E-state index < -0.39 is 0 Å². The lowest BCUT2D eigenvalue weighted by atomic mass is 10.1. The van der Waals surface area contributed by atoms with Crippen molar-refractivity contribution in [1.82, 2.24) is 10.2 Å². The van der Waals surface area contributed by atoms with Crippen LogP contribution in [0.25, 0.3) is 22.9 Å². The van der Waals surface area contributed by atoms with Crippen LogP contribution in [-0.2, 0) is 0 Å². The van der Waals surface area contributed by atoms with E-state index in [0.717, 1.165) is 0 Å². The lowest BCUT2D eigenvalue weighted by Gasteiger charge is -1.98. The van der Waals surface area contributed by atoms with Gasteiger partial charge in [0, 0.05) is 16.7 Å². The first-order valence-electron chi connectivity index (χ1n) is 6.34. The quantitative estimate of drug-likeness (QED) is 0.686. The summed E-state index contributed by atoms with van der Waals surface area (Å²) in [5.41, 5.74) is 1.73. The van der Waals surface area contributed by atoms with Gasteiger partial charge in [0.05, 0.1) is 0 Å². The molecule has 0 spiro atoms. The molecule has 0 N–H and O–H groups in total. The van der Waals surface area contributed by atoms with E-state index in [-0.39, 0.29) is 23.4 Å². The first-order valence-corrected chi connectivity index (χ1v) is 6.34. The number of carbonyl (C=O) groups is 1. The molecule has 0 aliphatic rings. The Morgan fingerprint density at radius 2 is 1.62 bits per heavy atom. The molecule has 0 fully saturated rings. The number of carbonyl (C=O) groups excluding carboxylic acids is 1. The molecule has 0 bridgehead atoms. The standard InChI is InChI=1S/C16H11FN2O2/c1-10(20)11-4-2-5-12(8-11)15-18-19-16(21-15)13-6-3-7-14(17)9-13/h2-9H,1H3. The molecule has 0 radical (unpaired) electrons. The van der Waals surface area contributed by atoms with Crippen molar-refractivity contribution in [2.75, 3.05) is 0 Å². The summed E-state index contributed by atoms with van der Waals surface area (Å²) in [7, 11) is 0. The van der Waals surface area contributed by atoms with Gasteiger partial charge in [0.25, 0.3) is 0 Å². The molecule has 2 aromatic carbocycles. The monoisotopic (exact) mass is 282 g/mol. The van der Waals surface area contributed by atoms with Crippen LogP contribution in [0.1, 0.15) is 17.3 Å². The van der Waals surface area contributed by atoms with Gasteiger partial charge in [-0.15, -0.1) is 10.2 Å². The van der Waals surface area contributed by atoms with Crippen LogP contribution in [-0.4, -0.2) is 16.0 Å². The van der Waals surface area contributed by atoms with Crippen LogP contribution in [0.15, 0.2) is 52.9 Å². The Bertz CT molecular complexity index is 811. The van der Waals surface area contributed by atoms with E-state index in [1.54, 1.807) is 36.4 Å². The average Bonchev–Trinajstić information content (AvgIpc) is 2.97. The van der Waals surface area contributed by atoms with Crippen molar-refractivity contribution in [2.45, 2.75) is 6.92 Å². The number of halogens is 1. The van der Waals surface area contributed by atoms with Gasteiger partial charge in [-0.3, -0.25) is 4.79 Å². The Labute approximate surface area is 120 Å². The minimum Gasteiger partial charge on any atom is -0.416 e. The smallest absolute Gasteiger partial charge is 0.248 e. The van der Waals surface area contributed by atoms with Crippen LogP contribution in [0.4, 0.5) is 4.39 Å². The minimum absolute atomic E-state index is 0.0401. The Hall–Kier alpha value is -2.82. The van der Waals surface area contributed by atoms with Gasteiger partial charge in [0.15, 0.2) is 5.78 Å². The molecule has 0 unspecified atom stereocenters. The number of rotatable bonds is 3. The van der Waals surface area contributed by atoms with Gasteiger partial charge in [-0.25, -0.2) is 4.39 Å². The van der Waals surface area contributed by atoms with E-state index in [4.69, 9.17) is 4.42 Å². The van der Waals surface area contributed by atoms with Gasteiger partial charge < -0.3 is 4.42 Å². The van der Waals surface area contributed by atoms with Gasteiger partial charge in [-0.05, 0) is 37.3 Å². The molecule has 1 heterocycles. The number of Topliss-reactive ketones (excluding diaryl/α,β-unsaturated/α-hetero) is 1. The maximum atomic E-state index is 13.2. The summed E-state index contributed by atoms with van der Waals surface area (Å²) < 4.78 is 18.7. The molecule has 0 aliphatic heterocycles. The summed E-state index contributed by atoms with van der Waals surface area (Å²) in [5.74, 6) is 0.114. The number of aromatic nitrogens is 2. The molecule has 0 amide bonds. The molecule has 104 valence electrons. The van der Waals surface area contributed by atoms with Gasteiger partial charge >= 0.3 is 0 Å². The number of hydrogen-bond donors (Lipinski definition) is 0. The highest BCUT2D eigenvalue weighted by Gasteiger charge is 2.12. The van der Waals surface area contributed by atoms with E-state index in [1.807, 2.05) is 0 Å². The fraction of sp³-hybridized carbons (Fsp3) is 0.0625. The zero-order valence-electron chi connectivity index (χ0n) is 11.2. The molecular weight excluding hydrogens is 271 g/mol. The van der Waals surface area contributed by atoms with Crippen LogP contribution in [0.3, 0.4) is 0 Å². The van der Waals surface area contributed by atoms with E-state index in [2.05, 4.69) is 10.2 Å². The molecule has 0 saturated heterocycles. The molecule has 3 aromatic rings. The van der Waals surface area contributed by atoms with Crippen molar-refractivity contribution in [3.05, 3.63) is 59.9 Å². The van der Waals surface area contributed by atoms with Crippen molar-refractivity contribution in [1.29, 1.82) is 0 Å². The Kier molecular flexibility index (Phi) is 3.31. The molecular formula is C16H11FN2O2. The molecule has 0 saturated carbocycles. The van der Waals surface area contributed by atoms with E-state index >= 15 is 0 Å². The fourth-order valence-corrected chi connectivity index (χ4v) is 1.95. The number of benzene rings is 2. The highest BCUT2D eigenvalue weighted by molar-refractivity contribution is 5.95. The van der Waals surface area contributed by atoms with E-state index in [9.17, 15) is 9.18 Å². The average molecular weight is 282 g/mol. The Morgan fingerprint density at radius 3 is 2.24 bits per heavy atom. The van der Waals surface area contributed by atoms with Crippen LogP contribution in [0.5, 0.6) is 0 Å². The normalized spacial score (nSPS) is 10.6. The molecule has 0 aliphatic carbocycles. The Balaban J connectivity index is 1.98.